The summed E-state index contributed by atoms with van der Waals surface area (Å²) in [7, 11) is 0. The van der Waals surface area contributed by atoms with E-state index in [1.165, 1.54) is 0 Å². The third-order valence-electron chi connectivity index (χ3n) is 8.76. The van der Waals surface area contributed by atoms with E-state index in [9.17, 15) is 0 Å². The highest BCUT2D eigenvalue weighted by Gasteiger charge is 2.30. The van der Waals surface area contributed by atoms with Gasteiger partial charge in [0.15, 0.2) is 11.6 Å². The molecule has 1 aliphatic carbocycles. The molecule has 0 spiro atoms. The minimum atomic E-state index is 0.0955. The fourth-order valence-corrected chi connectivity index (χ4v) is 6.61. The van der Waals surface area contributed by atoms with Crippen molar-refractivity contribution in [3.05, 3.63) is 158 Å². The Kier molecular flexibility index (Phi) is 6.20. The van der Waals surface area contributed by atoms with Crippen LogP contribution in [0.5, 0.6) is 0 Å². The number of furan rings is 1. The summed E-state index contributed by atoms with van der Waals surface area (Å²) >= 11 is 0. The number of allylic oxidation sites excluding steroid dienone is 4. The fourth-order valence-electron chi connectivity index (χ4n) is 6.61. The maximum absolute atomic E-state index is 6.59. The Balaban J connectivity index is 1.24. The first-order valence-electron chi connectivity index (χ1n) is 15.6. The van der Waals surface area contributed by atoms with Gasteiger partial charge in [-0.15, -0.1) is 0 Å². The molecule has 46 heavy (non-hydrogen) atoms. The first kappa shape index (κ1) is 26.3. The molecule has 9 rings (SSSR count). The number of anilines is 3. The zero-order valence-corrected chi connectivity index (χ0v) is 24.9. The van der Waals surface area contributed by atoms with Crippen LogP contribution in [0.2, 0.25) is 0 Å². The highest BCUT2D eigenvalue weighted by molar-refractivity contribution is 6.10. The molecule has 1 atom stereocenters. The minimum Gasteiger partial charge on any atom is -0.455 e. The first-order valence-corrected chi connectivity index (χ1v) is 15.6. The van der Waals surface area contributed by atoms with Crippen LogP contribution in [0.4, 0.5) is 17.1 Å². The van der Waals surface area contributed by atoms with E-state index in [4.69, 9.17) is 19.4 Å². The smallest absolute Gasteiger partial charge is 0.163 e. The molecular formula is C41H28N4O. The van der Waals surface area contributed by atoms with Gasteiger partial charge in [-0.3, -0.25) is 0 Å². The van der Waals surface area contributed by atoms with Crippen molar-refractivity contribution in [2.45, 2.75) is 12.3 Å². The molecule has 0 fully saturated rings. The summed E-state index contributed by atoms with van der Waals surface area (Å²) in [6, 6.07) is 44.0. The molecule has 1 unspecified atom stereocenters. The molecule has 0 saturated carbocycles. The molecule has 3 heterocycles. The van der Waals surface area contributed by atoms with Crippen LogP contribution in [0, 0.1) is 0 Å². The van der Waals surface area contributed by atoms with Crippen LogP contribution in [0.25, 0.3) is 56.2 Å². The van der Waals surface area contributed by atoms with Crippen molar-refractivity contribution in [2.24, 2.45) is 0 Å². The van der Waals surface area contributed by atoms with Crippen LogP contribution in [-0.2, 0) is 0 Å². The molecule has 0 radical (unpaired) electrons. The van der Waals surface area contributed by atoms with Gasteiger partial charge in [-0.05, 0) is 42.8 Å². The Hall–Kier alpha value is -6.07. The second kappa shape index (κ2) is 10.8. The third-order valence-corrected chi connectivity index (χ3v) is 8.76. The van der Waals surface area contributed by atoms with Crippen molar-refractivity contribution >= 4 is 28.0 Å². The summed E-state index contributed by atoms with van der Waals surface area (Å²) in [5.74, 6) is 3.08. The van der Waals surface area contributed by atoms with Crippen molar-refractivity contribution in [1.29, 1.82) is 0 Å². The van der Waals surface area contributed by atoms with Crippen molar-refractivity contribution < 1.29 is 4.42 Å². The summed E-state index contributed by atoms with van der Waals surface area (Å²) in [5.41, 5.74) is 9.19. The number of fused-ring (bicyclic) bond motifs is 7. The monoisotopic (exact) mass is 592 g/mol. The standard InChI is InChI=1S/C41H28N4O/c1-3-14-27(15-4-1)39-42-40(28-16-5-2-6-17-28)44-41(43-39)29-18-13-19-30(26-29)45-34-23-10-7-20-31(34)37-33-22-9-12-25-36(33)46-38(37)32-21-8-11-24-35(32)45/h1-16,18-26,28H,17H2. The van der Waals surface area contributed by atoms with Crippen LogP contribution in [0.1, 0.15) is 18.2 Å². The normalized spacial score (nSPS) is 14.9. The zero-order valence-electron chi connectivity index (χ0n) is 24.9. The maximum atomic E-state index is 6.59. The molecule has 2 aliphatic rings. The van der Waals surface area contributed by atoms with Crippen LogP contribution >= 0.6 is 0 Å². The Morgan fingerprint density at radius 2 is 1.30 bits per heavy atom. The predicted octanol–water partition coefficient (Wildman–Crippen LogP) is 10.7. The number of nitrogens with zero attached hydrogens (tertiary/aromatic N) is 4. The summed E-state index contributed by atoms with van der Waals surface area (Å²) in [6.07, 6.45) is 9.34. The largest absolute Gasteiger partial charge is 0.455 e. The van der Waals surface area contributed by atoms with Gasteiger partial charge in [-0.1, -0.05) is 115 Å². The molecule has 5 aromatic carbocycles. The van der Waals surface area contributed by atoms with Gasteiger partial charge in [0.05, 0.1) is 11.4 Å². The van der Waals surface area contributed by atoms with E-state index >= 15 is 0 Å². The SMILES string of the molecule is C1=CCC(c2nc(-c3ccccc3)nc(-c3cccc(N4c5ccccc5-c5oc6ccccc6c5-c5ccccc54)c3)n2)C=C1. The average Bonchev–Trinajstić information content (AvgIpc) is 3.47. The summed E-state index contributed by atoms with van der Waals surface area (Å²) in [6.45, 7) is 0. The molecular weight excluding hydrogens is 564 g/mol. The molecule has 0 amide bonds. The van der Waals surface area contributed by atoms with Crippen molar-refractivity contribution in [2.75, 3.05) is 4.90 Å². The van der Waals surface area contributed by atoms with Crippen molar-refractivity contribution in [3.63, 3.8) is 0 Å². The average molecular weight is 593 g/mol. The number of aromatic nitrogens is 3. The Morgan fingerprint density at radius 3 is 2.13 bits per heavy atom. The topological polar surface area (TPSA) is 55.1 Å². The lowest BCUT2D eigenvalue weighted by atomic mass is 9.98. The number of hydrogen-bond donors (Lipinski definition) is 0. The first-order chi connectivity index (χ1) is 22.8. The summed E-state index contributed by atoms with van der Waals surface area (Å²) in [4.78, 5) is 17.4. The van der Waals surface area contributed by atoms with E-state index in [0.29, 0.717) is 11.6 Å². The second-order valence-electron chi connectivity index (χ2n) is 11.6. The predicted molar refractivity (Wildman–Crippen MR) is 185 cm³/mol. The van der Waals surface area contributed by atoms with Gasteiger partial charge in [-0.2, -0.15) is 0 Å². The van der Waals surface area contributed by atoms with Gasteiger partial charge >= 0.3 is 0 Å². The lowest BCUT2D eigenvalue weighted by Gasteiger charge is -2.27. The number of benzene rings is 5. The molecule has 5 heteroatoms. The zero-order chi connectivity index (χ0) is 30.5. The molecule has 2 aromatic heterocycles. The van der Waals surface area contributed by atoms with Gasteiger partial charge in [0.2, 0.25) is 0 Å². The minimum absolute atomic E-state index is 0.0955. The van der Waals surface area contributed by atoms with E-state index in [1.807, 2.05) is 42.5 Å². The summed E-state index contributed by atoms with van der Waals surface area (Å²) in [5, 5.41) is 1.10. The van der Waals surface area contributed by atoms with Crippen LogP contribution in [-0.4, -0.2) is 15.0 Å². The van der Waals surface area contributed by atoms with Crippen molar-refractivity contribution in [1.82, 2.24) is 15.0 Å². The molecule has 5 nitrogen and oxygen atoms in total. The van der Waals surface area contributed by atoms with Gasteiger partial charge in [0, 0.05) is 44.8 Å². The van der Waals surface area contributed by atoms with E-state index in [-0.39, 0.29) is 5.92 Å². The number of rotatable bonds is 4. The number of hydrogen-bond acceptors (Lipinski definition) is 5. The highest BCUT2D eigenvalue weighted by Crippen LogP contribution is 2.53. The van der Waals surface area contributed by atoms with E-state index < -0.39 is 0 Å². The van der Waals surface area contributed by atoms with E-state index in [1.54, 1.807) is 0 Å². The van der Waals surface area contributed by atoms with Gasteiger partial charge in [-0.25, -0.2) is 15.0 Å². The molecule has 0 saturated heterocycles. The highest BCUT2D eigenvalue weighted by atomic mass is 16.3. The third kappa shape index (κ3) is 4.36. The second-order valence-corrected chi connectivity index (χ2v) is 11.6. The van der Waals surface area contributed by atoms with E-state index in [2.05, 4.69) is 114 Å². The van der Waals surface area contributed by atoms with Gasteiger partial charge in [0.1, 0.15) is 17.2 Å². The molecule has 1 aliphatic heterocycles. The van der Waals surface area contributed by atoms with Gasteiger partial charge in [0.25, 0.3) is 0 Å². The van der Waals surface area contributed by atoms with Gasteiger partial charge < -0.3 is 9.32 Å². The fraction of sp³-hybridized carbons (Fsp3) is 0.0488. The number of para-hydroxylation sites is 3. The van der Waals surface area contributed by atoms with Crippen LogP contribution in [0.3, 0.4) is 0 Å². The van der Waals surface area contributed by atoms with Crippen LogP contribution in [0.15, 0.2) is 156 Å². The Bertz CT molecular complexity index is 2320. The summed E-state index contributed by atoms with van der Waals surface area (Å²) < 4.78 is 6.59. The Morgan fingerprint density at radius 1 is 0.609 bits per heavy atom. The molecule has 0 bridgehead atoms. The quantitative estimate of drug-likeness (QED) is 0.203. The maximum Gasteiger partial charge on any atom is 0.163 e. The van der Waals surface area contributed by atoms with E-state index in [0.717, 1.165) is 73.9 Å². The molecule has 0 N–H and O–H groups in total. The van der Waals surface area contributed by atoms with Crippen LogP contribution < -0.4 is 4.90 Å². The Labute approximate surface area is 266 Å². The molecule has 218 valence electrons. The lowest BCUT2D eigenvalue weighted by Crippen LogP contribution is -2.11. The molecule has 7 aromatic rings. The lowest BCUT2D eigenvalue weighted by molar-refractivity contribution is 0.633. The van der Waals surface area contributed by atoms with Crippen molar-refractivity contribution in [3.8, 4) is 45.2 Å².